The van der Waals surface area contributed by atoms with Crippen molar-refractivity contribution >= 4 is 17.7 Å². The quantitative estimate of drug-likeness (QED) is 0.785. The third kappa shape index (κ3) is 5.30. The number of methoxy groups -OCH3 is 1. The summed E-state index contributed by atoms with van der Waals surface area (Å²) in [5.41, 5.74) is 0.658. The van der Waals surface area contributed by atoms with Gasteiger partial charge in [0.1, 0.15) is 12.4 Å². The van der Waals surface area contributed by atoms with Gasteiger partial charge in [-0.3, -0.25) is 0 Å². The van der Waals surface area contributed by atoms with Crippen LogP contribution in [0.25, 0.3) is 0 Å². The van der Waals surface area contributed by atoms with Gasteiger partial charge >= 0.3 is 6.03 Å². The first-order valence-electron chi connectivity index (χ1n) is 9.06. The van der Waals surface area contributed by atoms with Crippen LogP contribution in [-0.2, 0) is 4.74 Å². The Kier molecular flexibility index (Phi) is 6.81. The fourth-order valence-electron chi connectivity index (χ4n) is 2.90. The lowest BCUT2D eigenvalue weighted by Gasteiger charge is -2.23. The Morgan fingerprint density at radius 1 is 1.07 bits per heavy atom. The highest BCUT2D eigenvalue weighted by Gasteiger charge is 2.21. The number of carbonyl (C=O) groups excluding carboxylic acids is 1. The normalized spacial score (nSPS) is 14.6. The Morgan fingerprint density at radius 3 is 2.70 bits per heavy atom. The van der Waals surface area contributed by atoms with Crippen molar-refractivity contribution in [3.8, 4) is 5.75 Å². The van der Waals surface area contributed by atoms with Crippen LogP contribution in [0.5, 0.6) is 5.75 Å². The Labute approximate surface area is 159 Å². The summed E-state index contributed by atoms with van der Waals surface area (Å²) < 4.78 is 10.7. The average molecular weight is 371 g/mol. The summed E-state index contributed by atoms with van der Waals surface area (Å²) in [7, 11) is 1.63. The van der Waals surface area contributed by atoms with Crippen molar-refractivity contribution in [3.05, 3.63) is 42.7 Å². The molecule has 0 spiro atoms. The smallest absolute Gasteiger partial charge is 0.322 e. The molecule has 0 bridgehead atoms. The zero-order chi connectivity index (χ0) is 18.9. The van der Waals surface area contributed by atoms with Crippen molar-refractivity contribution in [3.63, 3.8) is 0 Å². The number of aromatic nitrogens is 2. The number of urea groups is 1. The van der Waals surface area contributed by atoms with Crippen LogP contribution in [0.1, 0.15) is 6.42 Å². The topological polar surface area (TPSA) is 79.8 Å². The van der Waals surface area contributed by atoms with Gasteiger partial charge in [0.25, 0.3) is 0 Å². The summed E-state index contributed by atoms with van der Waals surface area (Å²) in [5, 5.41) is 2.96. The van der Waals surface area contributed by atoms with E-state index in [4.69, 9.17) is 9.47 Å². The highest BCUT2D eigenvalue weighted by atomic mass is 16.5. The standard InChI is InChI=1S/C19H25N5O3/c1-26-14-15-27-17-7-3-2-6-16(17)22-19(25)24-11-5-10-23(12-13-24)18-20-8-4-9-21-18/h2-4,6-9H,5,10-15H2,1H3,(H,22,25). The number of para-hydroxylation sites is 2. The van der Waals surface area contributed by atoms with E-state index in [-0.39, 0.29) is 6.03 Å². The number of anilines is 2. The molecular weight excluding hydrogens is 346 g/mol. The largest absolute Gasteiger partial charge is 0.489 e. The number of carbonyl (C=O) groups is 1. The SMILES string of the molecule is COCCOc1ccccc1NC(=O)N1CCCN(c2ncccn2)CC1. The minimum absolute atomic E-state index is 0.131. The van der Waals surface area contributed by atoms with E-state index in [2.05, 4.69) is 20.2 Å². The zero-order valence-electron chi connectivity index (χ0n) is 15.5. The van der Waals surface area contributed by atoms with Crippen molar-refractivity contribution < 1.29 is 14.3 Å². The molecule has 1 aliphatic heterocycles. The molecule has 8 nitrogen and oxygen atoms in total. The molecule has 2 amide bonds. The van der Waals surface area contributed by atoms with E-state index in [0.717, 1.165) is 13.0 Å². The van der Waals surface area contributed by atoms with E-state index in [1.54, 1.807) is 25.6 Å². The second-order valence-electron chi connectivity index (χ2n) is 6.14. The Morgan fingerprint density at radius 2 is 1.89 bits per heavy atom. The molecule has 0 aliphatic carbocycles. The number of benzene rings is 1. The van der Waals surface area contributed by atoms with Gasteiger partial charge in [-0.05, 0) is 24.6 Å². The Balaban J connectivity index is 1.58. The molecular formula is C19H25N5O3. The molecule has 1 saturated heterocycles. The number of hydrogen-bond acceptors (Lipinski definition) is 6. The van der Waals surface area contributed by atoms with Gasteiger partial charge in [-0.1, -0.05) is 12.1 Å². The third-order valence-electron chi connectivity index (χ3n) is 4.29. The van der Waals surface area contributed by atoms with E-state index in [9.17, 15) is 4.79 Å². The minimum Gasteiger partial charge on any atom is -0.489 e. The molecule has 0 atom stereocenters. The molecule has 0 saturated carbocycles. The lowest BCUT2D eigenvalue weighted by Crippen LogP contribution is -2.38. The predicted molar refractivity (Wildman–Crippen MR) is 103 cm³/mol. The lowest BCUT2D eigenvalue weighted by atomic mass is 10.3. The third-order valence-corrected chi connectivity index (χ3v) is 4.29. The van der Waals surface area contributed by atoms with Crippen LogP contribution in [0.2, 0.25) is 0 Å². The highest BCUT2D eigenvalue weighted by Crippen LogP contribution is 2.24. The molecule has 1 aliphatic rings. The van der Waals surface area contributed by atoms with Gasteiger partial charge in [0.2, 0.25) is 5.95 Å². The first-order valence-corrected chi connectivity index (χ1v) is 9.06. The van der Waals surface area contributed by atoms with Crippen molar-refractivity contribution in [2.24, 2.45) is 0 Å². The van der Waals surface area contributed by atoms with Crippen LogP contribution < -0.4 is 15.0 Å². The molecule has 0 unspecified atom stereocenters. The van der Waals surface area contributed by atoms with Gasteiger partial charge in [0, 0.05) is 45.7 Å². The van der Waals surface area contributed by atoms with E-state index >= 15 is 0 Å². The van der Waals surface area contributed by atoms with Crippen molar-refractivity contribution in [1.82, 2.24) is 14.9 Å². The maximum atomic E-state index is 12.7. The first kappa shape index (κ1) is 18.9. The molecule has 2 heterocycles. The molecule has 144 valence electrons. The summed E-state index contributed by atoms with van der Waals surface area (Å²) in [6.07, 6.45) is 4.33. The van der Waals surface area contributed by atoms with Crippen LogP contribution in [0.4, 0.5) is 16.4 Å². The molecule has 2 aromatic rings. The van der Waals surface area contributed by atoms with Gasteiger partial charge in [0.15, 0.2) is 0 Å². The molecule has 1 aromatic heterocycles. The van der Waals surface area contributed by atoms with Crippen molar-refractivity contribution in [1.29, 1.82) is 0 Å². The molecule has 1 aromatic carbocycles. The van der Waals surface area contributed by atoms with E-state index in [1.165, 1.54) is 0 Å². The summed E-state index contributed by atoms with van der Waals surface area (Å²) in [5.74, 6) is 1.34. The maximum absolute atomic E-state index is 12.7. The highest BCUT2D eigenvalue weighted by molar-refractivity contribution is 5.91. The minimum atomic E-state index is -0.131. The van der Waals surface area contributed by atoms with Gasteiger partial charge in [0.05, 0.1) is 12.3 Å². The summed E-state index contributed by atoms with van der Waals surface area (Å²) in [6.45, 7) is 3.73. The number of rotatable bonds is 6. The summed E-state index contributed by atoms with van der Waals surface area (Å²) in [4.78, 5) is 25.2. The van der Waals surface area contributed by atoms with Crippen LogP contribution in [0.15, 0.2) is 42.7 Å². The predicted octanol–water partition coefficient (Wildman–Crippen LogP) is 2.25. The summed E-state index contributed by atoms with van der Waals surface area (Å²) >= 11 is 0. The number of nitrogens with zero attached hydrogens (tertiary/aromatic N) is 4. The maximum Gasteiger partial charge on any atom is 0.322 e. The van der Waals surface area contributed by atoms with Crippen LogP contribution in [-0.4, -0.2) is 67.4 Å². The second-order valence-corrected chi connectivity index (χ2v) is 6.14. The fraction of sp³-hybridized carbons (Fsp3) is 0.421. The number of nitrogens with one attached hydrogen (secondary N) is 1. The second kappa shape index (κ2) is 9.72. The van der Waals surface area contributed by atoms with Crippen molar-refractivity contribution in [2.75, 3.05) is 56.7 Å². The number of ether oxygens (including phenoxy) is 2. The van der Waals surface area contributed by atoms with E-state index in [1.807, 2.05) is 29.2 Å². The number of hydrogen-bond donors (Lipinski definition) is 1. The molecule has 1 N–H and O–H groups in total. The van der Waals surface area contributed by atoms with Gasteiger partial charge in [-0.15, -0.1) is 0 Å². The monoisotopic (exact) mass is 371 g/mol. The van der Waals surface area contributed by atoms with Crippen LogP contribution in [0, 0.1) is 0 Å². The van der Waals surface area contributed by atoms with Crippen LogP contribution in [0.3, 0.4) is 0 Å². The average Bonchev–Trinajstić information content (AvgIpc) is 2.96. The van der Waals surface area contributed by atoms with E-state index < -0.39 is 0 Å². The van der Waals surface area contributed by atoms with Crippen molar-refractivity contribution in [2.45, 2.75) is 6.42 Å². The Bertz CT molecular complexity index is 728. The van der Waals surface area contributed by atoms with Gasteiger partial charge < -0.3 is 24.6 Å². The molecule has 0 radical (unpaired) electrons. The molecule has 8 heteroatoms. The fourth-order valence-corrected chi connectivity index (χ4v) is 2.90. The first-order chi connectivity index (χ1) is 13.3. The van der Waals surface area contributed by atoms with Crippen LogP contribution >= 0.6 is 0 Å². The van der Waals surface area contributed by atoms with Gasteiger partial charge in [-0.25, -0.2) is 14.8 Å². The molecule has 3 rings (SSSR count). The lowest BCUT2D eigenvalue weighted by molar-refractivity contribution is 0.146. The summed E-state index contributed by atoms with van der Waals surface area (Å²) in [6, 6.07) is 9.09. The molecule has 27 heavy (non-hydrogen) atoms. The molecule has 1 fully saturated rings. The zero-order valence-corrected chi connectivity index (χ0v) is 15.5. The van der Waals surface area contributed by atoms with E-state index in [0.29, 0.717) is 50.2 Å². The number of amides is 2. The van der Waals surface area contributed by atoms with Gasteiger partial charge in [-0.2, -0.15) is 0 Å². The Hall–Kier alpha value is -2.87.